The van der Waals surface area contributed by atoms with Gasteiger partial charge >= 0.3 is 0 Å². The number of nitrogens with one attached hydrogen (secondary N) is 2. The number of aromatic nitrogens is 2. The average molecular weight is 289 g/mol. The molecule has 0 fully saturated rings. The van der Waals surface area contributed by atoms with E-state index in [0.29, 0.717) is 5.82 Å². The minimum atomic E-state index is 0.672. The van der Waals surface area contributed by atoms with E-state index in [4.69, 9.17) is 5.84 Å². The predicted octanol–water partition coefficient (Wildman–Crippen LogP) is 3.18. The fourth-order valence-corrected chi connectivity index (χ4v) is 2.43. The Morgan fingerprint density at radius 2 is 2.05 bits per heavy atom. The van der Waals surface area contributed by atoms with Gasteiger partial charge in [0.1, 0.15) is 18.0 Å². The molecule has 20 heavy (non-hydrogen) atoms. The van der Waals surface area contributed by atoms with Gasteiger partial charge in [0.2, 0.25) is 0 Å². The Morgan fingerprint density at radius 3 is 2.75 bits per heavy atom. The summed E-state index contributed by atoms with van der Waals surface area (Å²) in [5, 5.41) is 3.35. The Hall–Kier alpha value is -1.79. The van der Waals surface area contributed by atoms with Crippen LogP contribution in [0.15, 0.2) is 35.5 Å². The zero-order valence-electron chi connectivity index (χ0n) is 11.7. The molecule has 2 rings (SSSR count). The van der Waals surface area contributed by atoms with Gasteiger partial charge in [-0.05, 0) is 30.9 Å². The second kappa shape index (κ2) is 7.12. The molecule has 4 N–H and O–H groups in total. The summed E-state index contributed by atoms with van der Waals surface area (Å²) in [7, 11) is 0. The van der Waals surface area contributed by atoms with Crippen LogP contribution in [0.25, 0.3) is 0 Å². The van der Waals surface area contributed by atoms with Crippen molar-refractivity contribution in [2.75, 3.05) is 17.0 Å². The summed E-state index contributed by atoms with van der Waals surface area (Å²) in [4.78, 5) is 9.70. The standard InChI is InChI=1S/C14H19N5S/c1-3-5-12-13(16-9-17-14(12)19-15)18-10-6-4-7-11(8-10)20-2/h4,6-9H,3,5,15H2,1-2H3,(H2,16,17,18,19). The third-order valence-electron chi connectivity index (χ3n) is 2.91. The van der Waals surface area contributed by atoms with Crippen molar-refractivity contribution in [3.05, 3.63) is 36.2 Å². The number of nitrogens with zero attached hydrogens (tertiary/aromatic N) is 2. The van der Waals surface area contributed by atoms with E-state index in [-0.39, 0.29) is 0 Å². The number of hydrogen-bond donors (Lipinski definition) is 3. The van der Waals surface area contributed by atoms with Gasteiger partial charge in [-0.1, -0.05) is 19.4 Å². The lowest BCUT2D eigenvalue weighted by atomic mass is 10.1. The number of anilines is 3. The SMILES string of the molecule is CCCc1c(NN)ncnc1Nc1cccc(SC)c1. The molecule has 5 nitrogen and oxygen atoms in total. The minimum Gasteiger partial charge on any atom is -0.340 e. The van der Waals surface area contributed by atoms with E-state index in [0.717, 1.165) is 29.9 Å². The minimum absolute atomic E-state index is 0.672. The van der Waals surface area contributed by atoms with E-state index in [1.54, 1.807) is 11.8 Å². The Bertz CT molecular complexity index is 573. The van der Waals surface area contributed by atoms with E-state index in [1.165, 1.54) is 11.2 Å². The third-order valence-corrected chi connectivity index (χ3v) is 3.64. The molecule has 0 saturated carbocycles. The summed E-state index contributed by atoms with van der Waals surface area (Å²) in [5.41, 5.74) is 4.65. The van der Waals surface area contributed by atoms with Gasteiger partial charge in [-0.15, -0.1) is 11.8 Å². The van der Waals surface area contributed by atoms with Crippen LogP contribution in [0.1, 0.15) is 18.9 Å². The highest BCUT2D eigenvalue weighted by atomic mass is 32.2. The molecule has 0 amide bonds. The molecule has 106 valence electrons. The molecule has 0 aliphatic heterocycles. The highest BCUT2D eigenvalue weighted by Crippen LogP contribution is 2.26. The first-order valence-corrected chi connectivity index (χ1v) is 7.72. The lowest BCUT2D eigenvalue weighted by Gasteiger charge is -2.13. The maximum Gasteiger partial charge on any atom is 0.148 e. The van der Waals surface area contributed by atoms with E-state index >= 15 is 0 Å². The number of rotatable bonds is 6. The molecule has 1 heterocycles. The van der Waals surface area contributed by atoms with Crippen molar-refractivity contribution in [1.82, 2.24) is 9.97 Å². The van der Waals surface area contributed by atoms with Crippen LogP contribution < -0.4 is 16.6 Å². The van der Waals surface area contributed by atoms with Crippen LogP contribution in [0.4, 0.5) is 17.3 Å². The van der Waals surface area contributed by atoms with E-state index in [9.17, 15) is 0 Å². The van der Waals surface area contributed by atoms with Crippen LogP contribution in [-0.4, -0.2) is 16.2 Å². The van der Waals surface area contributed by atoms with Gasteiger partial charge in [-0.2, -0.15) is 0 Å². The van der Waals surface area contributed by atoms with Crippen molar-refractivity contribution in [2.45, 2.75) is 24.7 Å². The molecular formula is C14H19N5S. The molecule has 0 aliphatic rings. The van der Waals surface area contributed by atoms with E-state index in [2.05, 4.69) is 46.0 Å². The van der Waals surface area contributed by atoms with Crippen molar-refractivity contribution in [3.8, 4) is 0 Å². The number of thioether (sulfide) groups is 1. The molecule has 1 aromatic carbocycles. The first kappa shape index (κ1) is 14.6. The highest BCUT2D eigenvalue weighted by molar-refractivity contribution is 7.98. The predicted molar refractivity (Wildman–Crippen MR) is 85.3 cm³/mol. The van der Waals surface area contributed by atoms with Crippen molar-refractivity contribution in [2.24, 2.45) is 5.84 Å². The molecule has 0 bridgehead atoms. The van der Waals surface area contributed by atoms with Gasteiger partial charge in [0.25, 0.3) is 0 Å². The number of nitrogen functional groups attached to an aromatic ring is 1. The fourth-order valence-electron chi connectivity index (χ4n) is 1.97. The number of nitrogens with two attached hydrogens (primary N) is 1. The van der Waals surface area contributed by atoms with Crippen LogP contribution in [0.2, 0.25) is 0 Å². The molecule has 6 heteroatoms. The van der Waals surface area contributed by atoms with Crippen molar-refractivity contribution in [3.63, 3.8) is 0 Å². The Balaban J connectivity index is 2.32. The normalized spacial score (nSPS) is 10.3. The van der Waals surface area contributed by atoms with Gasteiger partial charge in [-0.3, -0.25) is 0 Å². The summed E-state index contributed by atoms with van der Waals surface area (Å²) in [6, 6.07) is 8.22. The molecular weight excluding hydrogens is 270 g/mol. The summed E-state index contributed by atoms with van der Waals surface area (Å²) in [5.74, 6) is 6.99. The van der Waals surface area contributed by atoms with Crippen LogP contribution >= 0.6 is 11.8 Å². The molecule has 0 spiro atoms. The van der Waals surface area contributed by atoms with Crippen LogP contribution in [0.3, 0.4) is 0 Å². The van der Waals surface area contributed by atoms with Crippen LogP contribution in [0, 0.1) is 0 Å². The fraction of sp³-hybridized carbons (Fsp3) is 0.286. The van der Waals surface area contributed by atoms with Crippen LogP contribution in [-0.2, 0) is 6.42 Å². The smallest absolute Gasteiger partial charge is 0.148 e. The number of hydrazine groups is 1. The van der Waals surface area contributed by atoms with Crippen molar-refractivity contribution in [1.29, 1.82) is 0 Å². The largest absolute Gasteiger partial charge is 0.340 e. The lowest BCUT2D eigenvalue weighted by molar-refractivity contribution is 0.903. The van der Waals surface area contributed by atoms with Gasteiger partial charge in [0, 0.05) is 16.1 Å². The number of hydrogen-bond acceptors (Lipinski definition) is 6. The second-order valence-electron chi connectivity index (χ2n) is 4.30. The van der Waals surface area contributed by atoms with Gasteiger partial charge in [0.15, 0.2) is 0 Å². The average Bonchev–Trinajstić information content (AvgIpc) is 2.49. The highest BCUT2D eigenvalue weighted by Gasteiger charge is 2.10. The summed E-state index contributed by atoms with van der Waals surface area (Å²) in [6.45, 7) is 2.12. The zero-order valence-corrected chi connectivity index (χ0v) is 12.5. The maximum absolute atomic E-state index is 5.52. The molecule has 1 aromatic heterocycles. The maximum atomic E-state index is 5.52. The van der Waals surface area contributed by atoms with Gasteiger partial charge < -0.3 is 10.7 Å². The zero-order chi connectivity index (χ0) is 14.4. The van der Waals surface area contributed by atoms with Gasteiger partial charge in [0.05, 0.1) is 0 Å². The summed E-state index contributed by atoms with van der Waals surface area (Å²) >= 11 is 1.71. The van der Waals surface area contributed by atoms with E-state index < -0.39 is 0 Å². The Morgan fingerprint density at radius 1 is 1.25 bits per heavy atom. The topological polar surface area (TPSA) is 75.9 Å². The Kier molecular flexibility index (Phi) is 5.20. The molecule has 0 saturated heterocycles. The summed E-state index contributed by atoms with van der Waals surface area (Å²) < 4.78 is 0. The molecule has 0 unspecified atom stereocenters. The van der Waals surface area contributed by atoms with Crippen molar-refractivity contribution < 1.29 is 0 Å². The molecule has 0 atom stereocenters. The van der Waals surface area contributed by atoms with E-state index in [1.807, 2.05) is 12.1 Å². The summed E-state index contributed by atoms with van der Waals surface area (Å²) in [6.07, 6.45) is 5.43. The first-order valence-electron chi connectivity index (χ1n) is 6.50. The molecule has 0 aliphatic carbocycles. The lowest BCUT2D eigenvalue weighted by Crippen LogP contribution is -2.13. The molecule has 0 radical (unpaired) electrons. The Labute approximate surface area is 123 Å². The third kappa shape index (κ3) is 3.40. The molecule has 2 aromatic rings. The van der Waals surface area contributed by atoms with Crippen molar-refractivity contribution >= 4 is 29.1 Å². The quantitative estimate of drug-likeness (QED) is 0.431. The second-order valence-corrected chi connectivity index (χ2v) is 5.18. The van der Waals surface area contributed by atoms with Crippen LogP contribution in [0.5, 0.6) is 0 Å². The monoisotopic (exact) mass is 289 g/mol. The number of benzene rings is 1. The van der Waals surface area contributed by atoms with Gasteiger partial charge in [-0.25, -0.2) is 15.8 Å². The first-order chi connectivity index (χ1) is 9.78.